The molecule has 1 atom stereocenters. The van der Waals surface area contributed by atoms with Crippen LogP contribution in [0.15, 0.2) is 18.2 Å². The Kier molecular flexibility index (Phi) is 3.19. The van der Waals surface area contributed by atoms with Crippen LogP contribution in [0.25, 0.3) is 0 Å². The third kappa shape index (κ3) is 2.49. The summed E-state index contributed by atoms with van der Waals surface area (Å²) in [6, 6.07) is 3.93. The lowest BCUT2D eigenvalue weighted by Crippen LogP contribution is -2.26. The minimum Gasteiger partial charge on any atom is -0.502 e. The van der Waals surface area contributed by atoms with E-state index in [1.165, 1.54) is 12.1 Å². The molecule has 5 heteroatoms. The quantitative estimate of drug-likeness (QED) is 0.596. The van der Waals surface area contributed by atoms with Crippen LogP contribution in [0.1, 0.15) is 32.4 Å². The van der Waals surface area contributed by atoms with Gasteiger partial charge in [-0.25, -0.2) is 0 Å². The molecule has 0 aromatic heterocycles. The van der Waals surface area contributed by atoms with Gasteiger partial charge in [0.2, 0.25) is 0 Å². The van der Waals surface area contributed by atoms with Gasteiger partial charge in [-0.2, -0.15) is 0 Å². The number of phenols is 1. The van der Waals surface area contributed by atoms with Crippen molar-refractivity contribution in [2.75, 3.05) is 0 Å². The number of nitrogens with two attached hydrogens (primary N) is 1. The second kappa shape index (κ2) is 4.09. The molecule has 0 radical (unpaired) electrons. The minimum absolute atomic E-state index is 0.190. The SMILES string of the molecule is CC(C)(C)[C@@H](N)c1ccc(O)c([N+](=O)[O-])c1. The van der Waals surface area contributed by atoms with E-state index < -0.39 is 4.92 Å². The van der Waals surface area contributed by atoms with E-state index in [2.05, 4.69) is 0 Å². The highest BCUT2D eigenvalue weighted by molar-refractivity contribution is 5.48. The molecule has 0 saturated carbocycles. The van der Waals surface area contributed by atoms with Gasteiger partial charge in [0.05, 0.1) is 4.92 Å². The summed E-state index contributed by atoms with van der Waals surface area (Å²) in [5.41, 5.74) is 6.14. The zero-order valence-electron chi connectivity index (χ0n) is 9.60. The molecule has 0 spiro atoms. The second-order valence-corrected chi connectivity index (χ2v) is 4.85. The van der Waals surface area contributed by atoms with Gasteiger partial charge < -0.3 is 10.8 Å². The first-order valence-corrected chi connectivity index (χ1v) is 4.96. The van der Waals surface area contributed by atoms with E-state index in [4.69, 9.17) is 5.73 Å². The van der Waals surface area contributed by atoms with Gasteiger partial charge in [0.15, 0.2) is 5.75 Å². The Labute approximate surface area is 94.0 Å². The fraction of sp³-hybridized carbons (Fsp3) is 0.455. The predicted octanol–water partition coefficient (Wildman–Crippen LogP) is 2.35. The summed E-state index contributed by atoms with van der Waals surface area (Å²) in [4.78, 5) is 10.0. The first-order chi connectivity index (χ1) is 7.23. The first kappa shape index (κ1) is 12.4. The van der Waals surface area contributed by atoms with Crippen molar-refractivity contribution < 1.29 is 10.0 Å². The molecule has 0 unspecified atom stereocenters. The van der Waals surface area contributed by atoms with E-state index in [0.717, 1.165) is 0 Å². The summed E-state index contributed by atoms with van der Waals surface area (Å²) in [7, 11) is 0. The van der Waals surface area contributed by atoms with Gasteiger partial charge in [-0.05, 0) is 17.0 Å². The zero-order valence-corrected chi connectivity index (χ0v) is 9.60. The predicted molar refractivity (Wildman–Crippen MR) is 61.1 cm³/mol. The lowest BCUT2D eigenvalue weighted by atomic mass is 9.83. The molecule has 5 nitrogen and oxygen atoms in total. The van der Waals surface area contributed by atoms with Gasteiger partial charge >= 0.3 is 5.69 Å². The topological polar surface area (TPSA) is 89.4 Å². The van der Waals surface area contributed by atoms with Crippen LogP contribution in [0.3, 0.4) is 0 Å². The maximum Gasteiger partial charge on any atom is 0.311 e. The van der Waals surface area contributed by atoms with Crippen LogP contribution >= 0.6 is 0 Å². The molecule has 1 rings (SSSR count). The maximum atomic E-state index is 10.7. The van der Waals surface area contributed by atoms with Crippen LogP contribution in [0.2, 0.25) is 0 Å². The number of nitrogens with zero attached hydrogens (tertiary/aromatic N) is 1. The molecule has 0 aliphatic rings. The van der Waals surface area contributed by atoms with E-state index in [1.54, 1.807) is 6.07 Å². The lowest BCUT2D eigenvalue weighted by molar-refractivity contribution is -0.385. The van der Waals surface area contributed by atoms with Crippen LogP contribution in [0, 0.1) is 15.5 Å². The number of hydrogen-bond acceptors (Lipinski definition) is 4. The molecule has 1 aromatic carbocycles. The first-order valence-electron chi connectivity index (χ1n) is 4.96. The van der Waals surface area contributed by atoms with Gasteiger partial charge in [-0.15, -0.1) is 0 Å². The van der Waals surface area contributed by atoms with Gasteiger partial charge in [0, 0.05) is 12.1 Å². The van der Waals surface area contributed by atoms with Gasteiger partial charge in [0.1, 0.15) is 0 Å². The molecule has 0 aliphatic carbocycles. The van der Waals surface area contributed by atoms with E-state index in [9.17, 15) is 15.2 Å². The van der Waals surface area contributed by atoms with E-state index >= 15 is 0 Å². The number of aromatic hydroxyl groups is 1. The number of hydrogen-bond donors (Lipinski definition) is 2. The van der Waals surface area contributed by atoms with Crippen molar-refractivity contribution in [3.05, 3.63) is 33.9 Å². The normalized spacial score (nSPS) is 13.5. The van der Waals surface area contributed by atoms with E-state index in [0.29, 0.717) is 5.56 Å². The molecule has 0 saturated heterocycles. The van der Waals surface area contributed by atoms with Crippen molar-refractivity contribution in [1.82, 2.24) is 0 Å². The molecule has 0 amide bonds. The monoisotopic (exact) mass is 224 g/mol. The van der Waals surface area contributed by atoms with E-state index in [1.807, 2.05) is 20.8 Å². The Hall–Kier alpha value is -1.62. The van der Waals surface area contributed by atoms with Gasteiger partial charge in [-0.1, -0.05) is 26.8 Å². The highest BCUT2D eigenvalue weighted by Crippen LogP contribution is 2.34. The number of nitro benzene ring substituents is 1. The van der Waals surface area contributed by atoms with Crippen molar-refractivity contribution >= 4 is 5.69 Å². The number of rotatable bonds is 2. The third-order valence-corrected chi connectivity index (χ3v) is 2.49. The molecule has 0 heterocycles. The standard InChI is InChI=1S/C11H16N2O3/c1-11(2,3)10(12)7-4-5-9(14)8(6-7)13(15)16/h4-6,10,14H,12H2,1-3H3/t10-/m0/s1. The van der Waals surface area contributed by atoms with Crippen LogP contribution in [0.4, 0.5) is 5.69 Å². The third-order valence-electron chi connectivity index (χ3n) is 2.49. The molecule has 88 valence electrons. The summed E-state index contributed by atoms with van der Waals surface area (Å²) >= 11 is 0. The fourth-order valence-corrected chi connectivity index (χ4v) is 1.38. The average Bonchev–Trinajstić information content (AvgIpc) is 2.15. The smallest absolute Gasteiger partial charge is 0.311 e. The molecule has 0 fully saturated rings. The van der Waals surface area contributed by atoms with Gasteiger partial charge in [0.25, 0.3) is 0 Å². The van der Waals surface area contributed by atoms with Gasteiger partial charge in [-0.3, -0.25) is 10.1 Å². The van der Waals surface area contributed by atoms with Crippen molar-refractivity contribution in [2.45, 2.75) is 26.8 Å². The molecular formula is C11H16N2O3. The minimum atomic E-state index is -0.617. The second-order valence-electron chi connectivity index (χ2n) is 4.85. The number of phenolic OH excluding ortho intramolecular Hbond substituents is 1. The van der Waals surface area contributed by atoms with Crippen molar-refractivity contribution in [2.24, 2.45) is 11.1 Å². The van der Waals surface area contributed by atoms with Crippen LogP contribution in [-0.4, -0.2) is 10.0 Å². The maximum absolute atomic E-state index is 10.7. The number of nitro groups is 1. The van der Waals surface area contributed by atoms with Crippen LogP contribution in [0.5, 0.6) is 5.75 Å². The molecule has 3 N–H and O–H groups in total. The van der Waals surface area contributed by atoms with Crippen LogP contribution in [-0.2, 0) is 0 Å². The Morgan fingerprint density at radius 3 is 2.44 bits per heavy atom. The van der Waals surface area contributed by atoms with E-state index in [-0.39, 0.29) is 22.9 Å². The Morgan fingerprint density at radius 1 is 1.44 bits per heavy atom. The van der Waals surface area contributed by atoms with Crippen molar-refractivity contribution in [3.63, 3.8) is 0 Å². The molecular weight excluding hydrogens is 208 g/mol. The average molecular weight is 224 g/mol. The molecule has 16 heavy (non-hydrogen) atoms. The summed E-state index contributed by atoms with van der Waals surface area (Å²) < 4.78 is 0. The number of benzene rings is 1. The largest absolute Gasteiger partial charge is 0.502 e. The summed E-state index contributed by atoms with van der Waals surface area (Å²) in [6.07, 6.45) is 0. The Morgan fingerprint density at radius 2 is 2.00 bits per heavy atom. The fourth-order valence-electron chi connectivity index (χ4n) is 1.38. The molecule has 0 aliphatic heterocycles. The summed E-state index contributed by atoms with van der Waals surface area (Å²) in [5, 5.41) is 20.0. The van der Waals surface area contributed by atoms with Crippen LogP contribution < -0.4 is 5.73 Å². The Bertz CT molecular complexity index is 410. The van der Waals surface area contributed by atoms with Crippen molar-refractivity contribution in [1.29, 1.82) is 0 Å². The van der Waals surface area contributed by atoms with Crippen molar-refractivity contribution in [3.8, 4) is 5.75 Å². The molecule has 1 aromatic rings. The molecule has 0 bridgehead atoms. The highest BCUT2D eigenvalue weighted by Gasteiger charge is 2.25. The zero-order chi connectivity index (χ0) is 12.5. The summed E-state index contributed by atoms with van der Waals surface area (Å²) in [5.74, 6) is -0.338. The highest BCUT2D eigenvalue weighted by atomic mass is 16.6. The Balaban J connectivity index is 3.18. The summed E-state index contributed by atoms with van der Waals surface area (Å²) in [6.45, 7) is 5.86. The lowest BCUT2D eigenvalue weighted by Gasteiger charge is -2.27.